The molecule has 0 unspecified atom stereocenters. The van der Waals surface area contributed by atoms with Crippen LogP contribution in [0.5, 0.6) is 11.5 Å². The summed E-state index contributed by atoms with van der Waals surface area (Å²) in [5, 5.41) is 8.86. The zero-order valence-electron chi connectivity index (χ0n) is 19.2. The number of rotatable bonds is 8. The maximum Gasteiger partial charge on any atom is 0.303 e. The molecule has 3 aromatic rings. The second-order valence-corrected chi connectivity index (χ2v) is 8.92. The molecule has 0 aliphatic heterocycles. The highest BCUT2D eigenvalue weighted by Gasteiger charge is 2.22. The first-order valence-corrected chi connectivity index (χ1v) is 10.7. The molecule has 0 heterocycles. The molecule has 174 valence electrons. The van der Waals surface area contributed by atoms with Crippen LogP contribution in [0.15, 0.2) is 54.6 Å². The van der Waals surface area contributed by atoms with Crippen LogP contribution in [0.4, 0.5) is 8.78 Å². The van der Waals surface area contributed by atoms with Crippen molar-refractivity contribution in [2.24, 2.45) is 0 Å². The van der Waals surface area contributed by atoms with Crippen LogP contribution in [0.1, 0.15) is 43.9 Å². The van der Waals surface area contributed by atoms with E-state index in [0.29, 0.717) is 23.3 Å². The molecular weight excluding hydrogens is 426 g/mol. The number of halogens is 2. The topological polar surface area (TPSA) is 55.8 Å². The van der Waals surface area contributed by atoms with Crippen molar-refractivity contribution in [2.75, 3.05) is 7.11 Å². The van der Waals surface area contributed by atoms with E-state index in [1.807, 2.05) is 39.0 Å². The van der Waals surface area contributed by atoms with E-state index in [1.165, 1.54) is 25.3 Å². The summed E-state index contributed by atoms with van der Waals surface area (Å²) in [5.74, 6) is -1.13. The lowest BCUT2D eigenvalue weighted by atomic mass is 9.81. The van der Waals surface area contributed by atoms with Gasteiger partial charge in [-0.2, -0.15) is 0 Å². The third kappa shape index (κ3) is 6.09. The standard InChI is InChI=1S/C27H28F2O4/c1-27(2,3)22-13-18(5-9-20(22)21-15-19(32-4)8-11-23(21)28)16-33-25-14-17(6-10-24(25)29)7-12-26(30)31/h5-6,8-11,13-15H,7,12,16H2,1-4H3,(H,30,31). The van der Waals surface area contributed by atoms with Crippen molar-refractivity contribution in [3.63, 3.8) is 0 Å². The zero-order valence-corrected chi connectivity index (χ0v) is 19.2. The van der Waals surface area contributed by atoms with Crippen LogP contribution >= 0.6 is 0 Å². The van der Waals surface area contributed by atoms with Crippen molar-refractivity contribution in [2.45, 2.75) is 45.6 Å². The van der Waals surface area contributed by atoms with Gasteiger partial charge in [-0.15, -0.1) is 0 Å². The summed E-state index contributed by atoms with van der Waals surface area (Å²) in [6.45, 7) is 6.24. The number of aryl methyl sites for hydroxylation is 1. The van der Waals surface area contributed by atoms with E-state index in [-0.39, 0.29) is 30.0 Å². The quantitative estimate of drug-likeness (QED) is 0.420. The molecule has 1 N–H and O–H groups in total. The number of benzene rings is 3. The van der Waals surface area contributed by atoms with Crippen molar-refractivity contribution >= 4 is 5.97 Å². The maximum atomic E-state index is 14.7. The van der Waals surface area contributed by atoms with E-state index >= 15 is 0 Å². The highest BCUT2D eigenvalue weighted by atomic mass is 19.1. The Morgan fingerprint density at radius 2 is 1.61 bits per heavy atom. The largest absolute Gasteiger partial charge is 0.497 e. The fourth-order valence-corrected chi connectivity index (χ4v) is 3.60. The molecule has 4 nitrogen and oxygen atoms in total. The lowest BCUT2D eigenvalue weighted by Gasteiger charge is -2.24. The Morgan fingerprint density at radius 1 is 0.909 bits per heavy atom. The number of ether oxygens (including phenoxy) is 2. The smallest absolute Gasteiger partial charge is 0.303 e. The molecule has 0 aliphatic rings. The summed E-state index contributed by atoms with van der Waals surface area (Å²) in [4.78, 5) is 10.8. The summed E-state index contributed by atoms with van der Waals surface area (Å²) in [7, 11) is 1.54. The van der Waals surface area contributed by atoms with Crippen LogP contribution in [0.3, 0.4) is 0 Å². The molecule has 0 saturated carbocycles. The molecule has 33 heavy (non-hydrogen) atoms. The number of aliphatic carboxylic acids is 1. The van der Waals surface area contributed by atoms with Crippen LogP contribution in [-0.4, -0.2) is 18.2 Å². The van der Waals surface area contributed by atoms with Gasteiger partial charge in [0.1, 0.15) is 18.2 Å². The first-order valence-electron chi connectivity index (χ1n) is 10.7. The monoisotopic (exact) mass is 454 g/mol. The predicted molar refractivity (Wildman–Crippen MR) is 124 cm³/mol. The van der Waals surface area contributed by atoms with Crippen molar-refractivity contribution in [3.8, 4) is 22.6 Å². The van der Waals surface area contributed by atoms with Gasteiger partial charge in [0.2, 0.25) is 0 Å². The Bertz CT molecular complexity index is 1150. The van der Waals surface area contributed by atoms with Gasteiger partial charge in [-0.25, -0.2) is 8.78 Å². The highest BCUT2D eigenvalue weighted by molar-refractivity contribution is 5.71. The molecule has 0 amide bonds. The van der Waals surface area contributed by atoms with E-state index in [9.17, 15) is 13.6 Å². The SMILES string of the molecule is COc1ccc(F)c(-c2ccc(COc3cc(CCC(=O)O)ccc3F)cc2C(C)(C)C)c1. The van der Waals surface area contributed by atoms with Crippen LogP contribution < -0.4 is 9.47 Å². The van der Waals surface area contributed by atoms with Gasteiger partial charge < -0.3 is 14.6 Å². The number of carboxylic acid groups (broad SMARTS) is 1. The Kier molecular flexibility index (Phi) is 7.36. The summed E-state index contributed by atoms with van der Waals surface area (Å²) in [5.41, 5.74) is 3.33. The Labute approximate surface area is 192 Å². The molecule has 0 fully saturated rings. The molecule has 0 spiro atoms. The van der Waals surface area contributed by atoms with Gasteiger partial charge in [0.25, 0.3) is 0 Å². The van der Waals surface area contributed by atoms with E-state index < -0.39 is 11.8 Å². The van der Waals surface area contributed by atoms with E-state index in [2.05, 4.69) is 0 Å². The molecule has 0 radical (unpaired) electrons. The van der Waals surface area contributed by atoms with Gasteiger partial charge in [-0.1, -0.05) is 45.0 Å². The van der Waals surface area contributed by atoms with Gasteiger partial charge in [0.15, 0.2) is 11.6 Å². The Morgan fingerprint density at radius 3 is 2.27 bits per heavy atom. The number of hydrogen-bond donors (Lipinski definition) is 1. The summed E-state index contributed by atoms with van der Waals surface area (Å²) >= 11 is 0. The van der Waals surface area contributed by atoms with Crippen molar-refractivity contribution in [3.05, 3.63) is 82.9 Å². The average molecular weight is 455 g/mol. The molecular formula is C27H28F2O4. The average Bonchev–Trinajstić information content (AvgIpc) is 2.77. The van der Waals surface area contributed by atoms with Crippen molar-refractivity contribution in [1.29, 1.82) is 0 Å². The minimum Gasteiger partial charge on any atom is -0.497 e. The summed E-state index contributed by atoms with van der Waals surface area (Å²) in [6, 6.07) is 14.6. The fourth-order valence-electron chi connectivity index (χ4n) is 3.60. The van der Waals surface area contributed by atoms with Crippen molar-refractivity contribution < 1.29 is 28.2 Å². The number of hydrogen-bond acceptors (Lipinski definition) is 3. The van der Waals surface area contributed by atoms with Crippen LogP contribution in [0.25, 0.3) is 11.1 Å². The molecule has 0 aromatic heterocycles. The second-order valence-electron chi connectivity index (χ2n) is 8.92. The molecule has 3 rings (SSSR count). The number of carbonyl (C=O) groups is 1. The van der Waals surface area contributed by atoms with Crippen molar-refractivity contribution in [1.82, 2.24) is 0 Å². The zero-order chi connectivity index (χ0) is 24.2. The lowest BCUT2D eigenvalue weighted by Crippen LogP contribution is -2.14. The third-order valence-electron chi connectivity index (χ3n) is 5.37. The maximum absolute atomic E-state index is 14.7. The molecule has 0 atom stereocenters. The lowest BCUT2D eigenvalue weighted by molar-refractivity contribution is -0.136. The van der Waals surface area contributed by atoms with Crippen LogP contribution in [0.2, 0.25) is 0 Å². The highest BCUT2D eigenvalue weighted by Crippen LogP contribution is 2.36. The minimum atomic E-state index is -0.913. The normalized spacial score (nSPS) is 11.3. The van der Waals surface area contributed by atoms with Gasteiger partial charge in [-0.05, 0) is 64.4 Å². The Hall–Kier alpha value is -3.41. The van der Waals surface area contributed by atoms with E-state index in [1.54, 1.807) is 18.2 Å². The van der Waals surface area contributed by atoms with E-state index in [0.717, 1.165) is 16.7 Å². The summed E-state index contributed by atoms with van der Waals surface area (Å²) < 4.78 is 39.9. The Balaban J connectivity index is 1.89. The number of carboxylic acids is 1. The van der Waals surface area contributed by atoms with Crippen LogP contribution in [0, 0.1) is 11.6 Å². The number of methoxy groups -OCH3 is 1. The second kappa shape index (κ2) is 10.0. The van der Waals surface area contributed by atoms with Crippen LogP contribution in [-0.2, 0) is 23.2 Å². The molecule has 0 saturated heterocycles. The van der Waals surface area contributed by atoms with Gasteiger partial charge in [0.05, 0.1) is 7.11 Å². The van der Waals surface area contributed by atoms with Gasteiger partial charge in [-0.3, -0.25) is 4.79 Å². The molecule has 0 aliphatic carbocycles. The molecule has 6 heteroatoms. The van der Waals surface area contributed by atoms with Gasteiger partial charge in [0, 0.05) is 12.0 Å². The fraction of sp³-hybridized carbons (Fsp3) is 0.296. The molecule has 0 bridgehead atoms. The molecule has 3 aromatic carbocycles. The van der Waals surface area contributed by atoms with Gasteiger partial charge >= 0.3 is 5.97 Å². The third-order valence-corrected chi connectivity index (χ3v) is 5.37. The minimum absolute atomic E-state index is 0.0394. The predicted octanol–water partition coefficient (Wildman–Crippen LogP) is 6.53. The first kappa shape index (κ1) is 24.2. The van der Waals surface area contributed by atoms with E-state index in [4.69, 9.17) is 14.6 Å². The first-order chi connectivity index (χ1) is 15.6. The summed E-state index contributed by atoms with van der Waals surface area (Å²) in [6.07, 6.45) is 0.253.